The highest BCUT2D eigenvalue weighted by molar-refractivity contribution is 8.01. The molecule has 2 N–H and O–H groups in total. The average molecular weight is 357 g/mol. The van der Waals surface area contributed by atoms with Crippen LogP contribution in [0.2, 0.25) is 0 Å². The molecule has 1 atom stereocenters. The molecular formula is C17H28N2O2S2. The number of hydrogen-bond acceptors (Lipinski definition) is 4. The van der Waals surface area contributed by atoms with E-state index in [-0.39, 0.29) is 15.4 Å². The molecule has 0 saturated carbocycles. The third-order valence-corrected chi connectivity index (χ3v) is 6.10. The number of nitrogens with one attached hydrogen (secondary N) is 1. The summed E-state index contributed by atoms with van der Waals surface area (Å²) in [4.78, 5) is 16.3. The van der Waals surface area contributed by atoms with Crippen LogP contribution in [-0.4, -0.2) is 32.7 Å². The SMILES string of the molecule is CC(C)(C)Sc1ccncc1CSC(CNC(=O)O)C(C)(C)C. The van der Waals surface area contributed by atoms with Gasteiger partial charge in [0.25, 0.3) is 0 Å². The van der Waals surface area contributed by atoms with Gasteiger partial charge in [0.05, 0.1) is 0 Å². The Morgan fingerprint density at radius 3 is 2.48 bits per heavy atom. The minimum absolute atomic E-state index is 0.0205. The zero-order chi connectivity index (χ0) is 17.7. The van der Waals surface area contributed by atoms with Crippen LogP contribution in [0, 0.1) is 5.41 Å². The summed E-state index contributed by atoms with van der Waals surface area (Å²) in [5.74, 6) is 0.829. The number of rotatable bonds is 6. The van der Waals surface area contributed by atoms with Crippen molar-refractivity contribution in [3.63, 3.8) is 0 Å². The van der Waals surface area contributed by atoms with Crippen molar-refractivity contribution in [2.45, 2.75) is 62.2 Å². The van der Waals surface area contributed by atoms with Crippen molar-refractivity contribution in [1.82, 2.24) is 10.3 Å². The predicted octanol–water partition coefficient (Wildman–Crippen LogP) is 4.89. The van der Waals surface area contributed by atoms with E-state index < -0.39 is 6.09 Å². The number of nitrogens with zero attached hydrogens (tertiary/aromatic N) is 1. The summed E-state index contributed by atoms with van der Waals surface area (Å²) in [6, 6.07) is 2.06. The summed E-state index contributed by atoms with van der Waals surface area (Å²) in [5.41, 5.74) is 1.23. The molecule has 0 spiro atoms. The van der Waals surface area contributed by atoms with Crippen molar-refractivity contribution < 1.29 is 9.90 Å². The lowest BCUT2D eigenvalue weighted by Gasteiger charge is -2.30. The van der Waals surface area contributed by atoms with E-state index in [9.17, 15) is 4.79 Å². The maximum Gasteiger partial charge on any atom is 0.404 e. The Labute approximate surface area is 148 Å². The van der Waals surface area contributed by atoms with E-state index in [0.717, 1.165) is 5.75 Å². The molecule has 0 bridgehead atoms. The van der Waals surface area contributed by atoms with Gasteiger partial charge >= 0.3 is 6.09 Å². The maximum absolute atomic E-state index is 10.8. The second kappa shape index (κ2) is 8.29. The Morgan fingerprint density at radius 1 is 1.30 bits per heavy atom. The summed E-state index contributed by atoms with van der Waals surface area (Å²) in [6.45, 7) is 13.5. The summed E-state index contributed by atoms with van der Waals surface area (Å²) in [7, 11) is 0. The van der Waals surface area contributed by atoms with Crippen molar-refractivity contribution >= 4 is 29.6 Å². The van der Waals surface area contributed by atoms with E-state index in [1.165, 1.54) is 10.5 Å². The minimum Gasteiger partial charge on any atom is -0.465 e. The molecule has 0 aliphatic heterocycles. The van der Waals surface area contributed by atoms with Crippen LogP contribution in [0.4, 0.5) is 4.79 Å². The first kappa shape index (κ1) is 20.2. The molecule has 1 unspecified atom stereocenters. The van der Waals surface area contributed by atoms with Gasteiger partial charge in [0.1, 0.15) is 0 Å². The molecule has 0 saturated heterocycles. The molecule has 23 heavy (non-hydrogen) atoms. The first-order valence-corrected chi connectivity index (χ1v) is 9.56. The molecule has 130 valence electrons. The molecule has 1 heterocycles. The fourth-order valence-corrected chi connectivity index (χ4v) is 4.39. The first-order chi connectivity index (χ1) is 10.5. The van der Waals surface area contributed by atoms with Gasteiger partial charge in [-0.05, 0) is 17.0 Å². The third-order valence-electron chi connectivity index (χ3n) is 3.12. The van der Waals surface area contributed by atoms with E-state index in [1.807, 2.05) is 24.2 Å². The largest absolute Gasteiger partial charge is 0.465 e. The molecule has 1 amide bonds. The number of amides is 1. The zero-order valence-corrected chi connectivity index (χ0v) is 16.5. The molecule has 1 aromatic heterocycles. The number of carbonyl (C=O) groups is 1. The summed E-state index contributed by atoms with van der Waals surface area (Å²) < 4.78 is 0.148. The van der Waals surface area contributed by atoms with Crippen LogP contribution in [0.25, 0.3) is 0 Å². The third kappa shape index (κ3) is 7.97. The molecule has 6 heteroatoms. The molecule has 4 nitrogen and oxygen atoms in total. The van der Waals surface area contributed by atoms with Gasteiger partial charge in [0, 0.05) is 39.6 Å². The van der Waals surface area contributed by atoms with Crippen LogP contribution in [0.3, 0.4) is 0 Å². The first-order valence-electron chi connectivity index (χ1n) is 7.69. The monoisotopic (exact) mass is 356 g/mol. The molecule has 0 aromatic carbocycles. The van der Waals surface area contributed by atoms with Gasteiger partial charge in [-0.3, -0.25) is 4.98 Å². The van der Waals surface area contributed by atoms with E-state index in [0.29, 0.717) is 6.54 Å². The summed E-state index contributed by atoms with van der Waals surface area (Å²) in [5, 5.41) is 11.6. The Hall–Kier alpha value is -0.880. The highest BCUT2D eigenvalue weighted by Gasteiger charge is 2.26. The Balaban J connectivity index is 2.79. The Bertz CT molecular complexity index is 522. The lowest BCUT2D eigenvalue weighted by molar-refractivity contribution is 0.193. The molecule has 1 aromatic rings. The Kier molecular flexibility index (Phi) is 7.27. The van der Waals surface area contributed by atoms with Crippen LogP contribution in [-0.2, 0) is 5.75 Å². The van der Waals surface area contributed by atoms with Crippen LogP contribution in [0.15, 0.2) is 23.4 Å². The van der Waals surface area contributed by atoms with Crippen LogP contribution in [0.5, 0.6) is 0 Å². The standard InChI is InChI=1S/C17H28N2O2S2/c1-16(2,3)14(10-19-15(20)21)22-11-12-9-18-8-7-13(12)23-17(4,5)6/h7-9,14,19H,10-11H2,1-6H3,(H,20,21). The van der Waals surface area contributed by atoms with Gasteiger partial charge in [-0.1, -0.05) is 41.5 Å². The van der Waals surface area contributed by atoms with Crippen molar-refractivity contribution in [3.8, 4) is 0 Å². The number of thioether (sulfide) groups is 2. The van der Waals surface area contributed by atoms with Crippen molar-refractivity contribution in [3.05, 3.63) is 24.0 Å². The fourth-order valence-electron chi connectivity index (χ4n) is 1.94. The molecular weight excluding hydrogens is 328 g/mol. The molecule has 0 aliphatic carbocycles. The highest BCUT2D eigenvalue weighted by atomic mass is 32.2. The van der Waals surface area contributed by atoms with Crippen LogP contribution < -0.4 is 5.32 Å². The smallest absolute Gasteiger partial charge is 0.404 e. The topological polar surface area (TPSA) is 62.2 Å². The molecule has 0 aliphatic rings. The Morgan fingerprint density at radius 2 is 1.96 bits per heavy atom. The number of aromatic nitrogens is 1. The normalized spacial score (nSPS) is 13.7. The zero-order valence-electron chi connectivity index (χ0n) is 14.8. The average Bonchev–Trinajstić information content (AvgIpc) is 2.36. The fraction of sp³-hybridized carbons (Fsp3) is 0.647. The van der Waals surface area contributed by atoms with Crippen molar-refractivity contribution in [2.24, 2.45) is 5.41 Å². The van der Waals surface area contributed by atoms with Crippen molar-refractivity contribution in [2.75, 3.05) is 6.54 Å². The number of pyridine rings is 1. The molecule has 0 fully saturated rings. The van der Waals surface area contributed by atoms with E-state index in [1.54, 1.807) is 11.8 Å². The quantitative estimate of drug-likeness (QED) is 0.711. The summed E-state index contributed by atoms with van der Waals surface area (Å²) in [6.07, 6.45) is 2.78. The maximum atomic E-state index is 10.8. The van der Waals surface area contributed by atoms with Crippen LogP contribution >= 0.6 is 23.5 Å². The lowest BCUT2D eigenvalue weighted by atomic mass is 9.92. The minimum atomic E-state index is -0.967. The lowest BCUT2D eigenvalue weighted by Crippen LogP contribution is -2.36. The predicted molar refractivity (Wildman–Crippen MR) is 100 cm³/mol. The van der Waals surface area contributed by atoms with Crippen molar-refractivity contribution in [1.29, 1.82) is 0 Å². The molecule has 1 rings (SSSR count). The van der Waals surface area contributed by atoms with E-state index in [2.05, 4.69) is 57.9 Å². The van der Waals surface area contributed by atoms with E-state index >= 15 is 0 Å². The number of carboxylic acid groups (broad SMARTS) is 1. The van der Waals surface area contributed by atoms with Crippen LogP contribution in [0.1, 0.15) is 47.1 Å². The molecule has 0 radical (unpaired) electrons. The van der Waals surface area contributed by atoms with Gasteiger partial charge in [-0.25, -0.2) is 4.79 Å². The van der Waals surface area contributed by atoms with Gasteiger partial charge in [-0.2, -0.15) is 11.8 Å². The van der Waals surface area contributed by atoms with E-state index in [4.69, 9.17) is 5.11 Å². The second-order valence-corrected chi connectivity index (χ2v) is 10.6. The summed E-state index contributed by atoms with van der Waals surface area (Å²) >= 11 is 3.63. The van der Waals surface area contributed by atoms with Gasteiger partial charge in [0.15, 0.2) is 0 Å². The van der Waals surface area contributed by atoms with Gasteiger partial charge < -0.3 is 10.4 Å². The highest BCUT2D eigenvalue weighted by Crippen LogP contribution is 2.37. The number of hydrogen-bond donors (Lipinski definition) is 2. The second-order valence-electron chi connectivity index (χ2n) is 7.55. The van der Waals surface area contributed by atoms with Gasteiger partial charge in [-0.15, -0.1) is 11.8 Å². The van der Waals surface area contributed by atoms with Gasteiger partial charge in [0.2, 0.25) is 0 Å².